The molecule has 354 valence electrons. The van der Waals surface area contributed by atoms with Gasteiger partial charge >= 0.3 is 0 Å². The first-order valence-electron chi connectivity index (χ1n) is 23.5. The van der Waals surface area contributed by atoms with E-state index in [4.69, 9.17) is 0 Å². The average molecular weight is 1010 g/mol. The van der Waals surface area contributed by atoms with Crippen molar-refractivity contribution in [1.82, 2.24) is 0 Å². The Balaban J connectivity index is 0.000000146. The standard InChI is InChI=1S/2C25H22P.C14H10O4S2/c2*1-5-13-22(14-6-1)21-26(23-15-7-2-8-16-23,24-17-9-3-10-18-24)25-19-11-4-12-20-25;15-13(16)9-1-5-11(6-2-9)19-20-12-7-3-10(4-8-12)14(17)18/h2*1-20H,21H2;1-8H,(H,15,16)(H,17,18)/q2*+1;/p-2. The molecule has 0 N–H and O–H groups in total. The number of rotatable bonds is 15. The topological polar surface area (TPSA) is 80.3 Å². The summed E-state index contributed by atoms with van der Waals surface area (Å²) in [6.07, 6.45) is 2.07. The van der Waals surface area contributed by atoms with E-state index in [-0.39, 0.29) is 11.1 Å². The lowest BCUT2D eigenvalue weighted by molar-refractivity contribution is -0.256. The Morgan fingerprint density at radius 1 is 0.278 bits per heavy atom. The van der Waals surface area contributed by atoms with Gasteiger partial charge in [0.25, 0.3) is 0 Å². The SMILES string of the molecule is O=C([O-])c1ccc(SSc2ccc(C(=O)[O-])cc2)cc1.c1ccc(C[P+](c2ccccc2)(c2ccccc2)c2ccccc2)cc1.c1ccc(C[P+](c2ccccc2)(c2ccccc2)c2ccccc2)cc1. The van der Waals surface area contributed by atoms with Crippen LogP contribution in [0.5, 0.6) is 0 Å². The van der Waals surface area contributed by atoms with Crippen molar-refractivity contribution < 1.29 is 19.8 Å². The van der Waals surface area contributed by atoms with Gasteiger partial charge in [-0.2, -0.15) is 0 Å². The smallest absolute Gasteiger partial charge is 0.116 e. The van der Waals surface area contributed by atoms with Gasteiger partial charge in [0.2, 0.25) is 0 Å². The van der Waals surface area contributed by atoms with E-state index in [1.54, 1.807) is 24.3 Å². The van der Waals surface area contributed by atoms with Gasteiger partial charge in [-0.1, -0.05) is 216 Å². The molecular weight excluding hydrogens is 959 g/mol. The molecule has 0 unspecified atom stereocenters. The number of carboxylic acid groups (broad SMARTS) is 2. The van der Waals surface area contributed by atoms with Gasteiger partial charge in [0.1, 0.15) is 46.4 Å². The van der Waals surface area contributed by atoms with E-state index < -0.39 is 26.5 Å². The number of aromatic carboxylic acids is 2. The predicted molar refractivity (Wildman–Crippen MR) is 304 cm³/mol. The summed E-state index contributed by atoms with van der Waals surface area (Å²) in [7, 11) is -0.653. The molecule has 0 aliphatic carbocycles. The second-order valence-electron chi connectivity index (χ2n) is 16.7. The van der Waals surface area contributed by atoms with E-state index in [0.29, 0.717) is 0 Å². The van der Waals surface area contributed by atoms with E-state index in [1.165, 1.54) is 88.8 Å². The Labute approximate surface area is 432 Å². The van der Waals surface area contributed by atoms with Crippen molar-refractivity contribution in [2.75, 3.05) is 0 Å². The molecule has 0 fully saturated rings. The minimum Gasteiger partial charge on any atom is -0.545 e. The summed E-state index contributed by atoms with van der Waals surface area (Å²) in [5.41, 5.74) is 3.05. The zero-order chi connectivity index (χ0) is 49.9. The number of hydrogen-bond donors (Lipinski definition) is 0. The van der Waals surface area contributed by atoms with Crippen LogP contribution in [0.3, 0.4) is 0 Å². The van der Waals surface area contributed by atoms with Crippen LogP contribution in [0.2, 0.25) is 0 Å². The average Bonchev–Trinajstić information content (AvgIpc) is 3.46. The van der Waals surface area contributed by atoms with E-state index in [2.05, 4.69) is 243 Å². The summed E-state index contributed by atoms with van der Waals surface area (Å²) in [5, 5.41) is 29.8. The summed E-state index contributed by atoms with van der Waals surface area (Å²) in [6.45, 7) is 0. The van der Waals surface area contributed by atoms with Gasteiger partial charge in [0, 0.05) is 9.79 Å². The molecule has 10 aromatic rings. The lowest BCUT2D eigenvalue weighted by Crippen LogP contribution is -2.32. The molecule has 4 nitrogen and oxygen atoms in total. The van der Waals surface area contributed by atoms with Gasteiger partial charge in [-0.3, -0.25) is 0 Å². The molecule has 0 atom stereocenters. The number of benzene rings is 10. The van der Waals surface area contributed by atoms with E-state index in [1.807, 2.05) is 0 Å². The third kappa shape index (κ3) is 13.0. The zero-order valence-electron chi connectivity index (χ0n) is 39.5. The van der Waals surface area contributed by atoms with Gasteiger partial charge in [-0.15, -0.1) is 0 Å². The van der Waals surface area contributed by atoms with Crippen LogP contribution in [0.15, 0.2) is 301 Å². The van der Waals surface area contributed by atoms with Crippen LogP contribution in [0.1, 0.15) is 31.8 Å². The highest BCUT2D eigenvalue weighted by molar-refractivity contribution is 8.76. The summed E-state index contributed by atoms with van der Waals surface area (Å²) in [5.74, 6) is -2.40. The lowest BCUT2D eigenvalue weighted by Gasteiger charge is -2.27. The molecule has 0 radical (unpaired) electrons. The molecule has 0 spiro atoms. The zero-order valence-corrected chi connectivity index (χ0v) is 42.9. The van der Waals surface area contributed by atoms with Crippen LogP contribution in [-0.2, 0) is 12.3 Å². The highest BCUT2D eigenvalue weighted by atomic mass is 33.1. The fraction of sp³-hybridized carbons (Fsp3) is 0.0312. The van der Waals surface area contributed by atoms with Crippen LogP contribution in [0.25, 0.3) is 0 Å². The molecular formula is C64H52O4P2S2. The van der Waals surface area contributed by atoms with Gasteiger partial charge < -0.3 is 19.8 Å². The third-order valence-electron chi connectivity index (χ3n) is 12.1. The Morgan fingerprint density at radius 3 is 0.667 bits per heavy atom. The molecule has 0 aromatic heterocycles. The molecule has 10 aromatic carbocycles. The highest BCUT2D eigenvalue weighted by Crippen LogP contribution is 2.59. The highest BCUT2D eigenvalue weighted by Gasteiger charge is 2.46. The largest absolute Gasteiger partial charge is 0.545 e. The number of hydrogen-bond acceptors (Lipinski definition) is 6. The molecule has 0 aliphatic heterocycles. The minimum absolute atomic E-state index is 0.137. The molecule has 0 saturated carbocycles. The molecule has 0 bridgehead atoms. The van der Waals surface area contributed by atoms with Gasteiger partial charge in [-0.25, -0.2) is 0 Å². The summed E-state index contributed by atoms with van der Waals surface area (Å²) < 4.78 is 0. The fourth-order valence-corrected chi connectivity index (χ4v) is 19.1. The maximum atomic E-state index is 10.6. The quantitative estimate of drug-likeness (QED) is 0.0752. The van der Waals surface area contributed by atoms with Crippen molar-refractivity contribution >= 4 is 79.9 Å². The van der Waals surface area contributed by atoms with Crippen molar-refractivity contribution in [2.24, 2.45) is 0 Å². The normalized spacial score (nSPS) is 10.9. The first-order chi connectivity index (χ1) is 35.3. The number of carboxylic acids is 2. The summed E-state index contributed by atoms with van der Waals surface area (Å²) >= 11 is 0. The van der Waals surface area contributed by atoms with Crippen LogP contribution in [-0.4, -0.2) is 11.9 Å². The molecule has 72 heavy (non-hydrogen) atoms. The van der Waals surface area contributed by atoms with Gasteiger partial charge in [0.15, 0.2) is 0 Å². The van der Waals surface area contributed by atoms with Crippen LogP contribution >= 0.6 is 36.1 Å². The van der Waals surface area contributed by atoms with Crippen molar-refractivity contribution in [3.63, 3.8) is 0 Å². The second kappa shape index (κ2) is 25.7. The summed E-state index contributed by atoms with van der Waals surface area (Å²) in [4.78, 5) is 23.0. The Hall–Kier alpha value is -7.30. The number of carbonyl (C=O) groups excluding carboxylic acids is 2. The molecule has 0 aliphatic rings. The molecule has 10 rings (SSSR count). The first kappa shape index (κ1) is 51.1. The molecule has 0 saturated heterocycles. The number of carbonyl (C=O) groups is 2. The van der Waals surface area contributed by atoms with Crippen molar-refractivity contribution in [2.45, 2.75) is 22.1 Å². The van der Waals surface area contributed by atoms with Gasteiger partial charge in [-0.05, 0) is 119 Å². The van der Waals surface area contributed by atoms with E-state index >= 15 is 0 Å². The van der Waals surface area contributed by atoms with Crippen molar-refractivity contribution in [1.29, 1.82) is 0 Å². The minimum atomic E-state index is -1.78. The molecule has 8 heteroatoms. The summed E-state index contributed by atoms with van der Waals surface area (Å²) in [6, 6.07) is 101. The van der Waals surface area contributed by atoms with Crippen molar-refractivity contribution in [3.8, 4) is 0 Å². The monoisotopic (exact) mass is 1010 g/mol. The second-order valence-corrected chi connectivity index (χ2v) is 26.0. The molecule has 0 amide bonds. The predicted octanol–water partition coefficient (Wildman–Crippen LogP) is 11.6. The van der Waals surface area contributed by atoms with Crippen LogP contribution in [0, 0.1) is 0 Å². The van der Waals surface area contributed by atoms with E-state index in [9.17, 15) is 19.8 Å². The third-order valence-corrected chi connectivity index (χ3v) is 23.3. The maximum Gasteiger partial charge on any atom is 0.116 e. The van der Waals surface area contributed by atoms with E-state index in [0.717, 1.165) is 22.1 Å². The maximum absolute atomic E-state index is 10.6. The fourth-order valence-electron chi connectivity index (χ4n) is 8.64. The van der Waals surface area contributed by atoms with Gasteiger partial charge in [0.05, 0.1) is 24.3 Å². The Bertz CT molecular complexity index is 2780. The first-order valence-corrected chi connectivity index (χ1v) is 29.6. The molecule has 0 heterocycles. The van der Waals surface area contributed by atoms with Crippen molar-refractivity contribution in [3.05, 3.63) is 313 Å². The Morgan fingerprint density at radius 2 is 0.472 bits per heavy atom. The van der Waals surface area contributed by atoms with Crippen LogP contribution in [0.4, 0.5) is 0 Å². The Kier molecular flexibility index (Phi) is 18.2. The van der Waals surface area contributed by atoms with Crippen LogP contribution < -0.4 is 42.0 Å². The lowest BCUT2D eigenvalue weighted by atomic mass is 10.2.